The molecule has 204 valence electrons. The van der Waals surface area contributed by atoms with Gasteiger partial charge in [-0.05, 0) is 67.6 Å². The first-order valence-corrected chi connectivity index (χ1v) is 13.4. The predicted molar refractivity (Wildman–Crippen MR) is 151 cm³/mol. The van der Waals surface area contributed by atoms with Crippen LogP contribution in [0.5, 0.6) is 0 Å². The summed E-state index contributed by atoms with van der Waals surface area (Å²) < 4.78 is 0. The minimum atomic E-state index is -0.290. The number of aromatic nitrogens is 1. The fourth-order valence-corrected chi connectivity index (χ4v) is 4.99. The molecule has 5 rings (SSSR count). The Bertz CT molecular complexity index is 1400. The van der Waals surface area contributed by atoms with Crippen molar-refractivity contribution in [2.45, 2.75) is 6.42 Å². The zero-order valence-corrected chi connectivity index (χ0v) is 22.2. The summed E-state index contributed by atoms with van der Waals surface area (Å²) in [5, 5.41) is 15.3. The van der Waals surface area contributed by atoms with Gasteiger partial charge in [0.1, 0.15) is 0 Å². The second-order valence-corrected chi connectivity index (χ2v) is 9.79. The molecule has 3 aromatic rings. The van der Waals surface area contributed by atoms with Crippen LogP contribution in [0, 0.1) is 11.3 Å². The first-order chi connectivity index (χ1) is 19.5. The molecule has 0 unspecified atom stereocenters. The van der Waals surface area contributed by atoms with E-state index in [0.29, 0.717) is 67.2 Å². The summed E-state index contributed by atoms with van der Waals surface area (Å²) >= 11 is 0. The highest BCUT2D eigenvalue weighted by Crippen LogP contribution is 2.30. The van der Waals surface area contributed by atoms with Gasteiger partial charge in [-0.25, -0.2) is 0 Å². The van der Waals surface area contributed by atoms with E-state index in [0.717, 1.165) is 25.2 Å². The maximum Gasteiger partial charge on any atom is 0.255 e. The number of rotatable bonds is 5. The van der Waals surface area contributed by atoms with Crippen LogP contribution in [-0.2, 0) is 0 Å². The Hall–Kier alpha value is -4.75. The van der Waals surface area contributed by atoms with Gasteiger partial charge in [0.25, 0.3) is 17.7 Å². The molecule has 2 aliphatic rings. The summed E-state index contributed by atoms with van der Waals surface area (Å²) in [4.78, 5) is 49.2. The average molecular weight is 538 g/mol. The first kappa shape index (κ1) is 26.8. The number of carbonyl (C=O) groups is 3. The summed E-state index contributed by atoms with van der Waals surface area (Å²) in [6.45, 7) is 5.07. The van der Waals surface area contributed by atoms with Crippen LogP contribution in [0.15, 0.2) is 67.0 Å². The lowest BCUT2D eigenvalue weighted by atomic mass is 10.1. The Morgan fingerprint density at radius 2 is 1.45 bits per heavy atom. The molecule has 3 heterocycles. The molecule has 2 fully saturated rings. The van der Waals surface area contributed by atoms with E-state index in [1.807, 2.05) is 17.0 Å². The van der Waals surface area contributed by atoms with Crippen molar-refractivity contribution in [1.82, 2.24) is 20.1 Å². The molecule has 3 amide bonds. The van der Waals surface area contributed by atoms with E-state index in [-0.39, 0.29) is 17.7 Å². The van der Waals surface area contributed by atoms with Crippen LogP contribution in [0.4, 0.5) is 11.4 Å². The van der Waals surface area contributed by atoms with Crippen molar-refractivity contribution in [2.75, 3.05) is 62.6 Å². The number of hydrogen-bond acceptors (Lipinski definition) is 7. The maximum atomic E-state index is 13.3. The summed E-state index contributed by atoms with van der Waals surface area (Å²) in [6, 6.07) is 17.4. The van der Waals surface area contributed by atoms with E-state index >= 15 is 0 Å². The molecule has 2 aliphatic heterocycles. The molecule has 2 saturated heterocycles. The average Bonchev–Trinajstić information content (AvgIpc) is 3.31. The molecular formula is C30H31N7O3. The maximum absolute atomic E-state index is 13.3. The molecule has 0 radical (unpaired) electrons. The topological polar surface area (TPSA) is 122 Å². The van der Waals surface area contributed by atoms with E-state index in [1.54, 1.807) is 59.8 Å². The van der Waals surface area contributed by atoms with Gasteiger partial charge < -0.3 is 25.3 Å². The van der Waals surface area contributed by atoms with Crippen molar-refractivity contribution in [1.29, 1.82) is 5.26 Å². The number of nitrogens with zero attached hydrogens (tertiary/aromatic N) is 5. The third kappa shape index (κ3) is 6.11. The van der Waals surface area contributed by atoms with E-state index < -0.39 is 0 Å². The van der Waals surface area contributed by atoms with Crippen molar-refractivity contribution >= 4 is 29.1 Å². The molecule has 2 aromatic carbocycles. The number of hydrogen-bond donors (Lipinski definition) is 2. The van der Waals surface area contributed by atoms with Gasteiger partial charge in [0, 0.05) is 74.9 Å². The molecule has 0 atom stereocenters. The van der Waals surface area contributed by atoms with Crippen LogP contribution in [0.3, 0.4) is 0 Å². The summed E-state index contributed by atoms with van der Waals surface area (Å²) in [5.74, 6) is -0.433. The number of benzene rings is 2. The normalized spacial score (nSPS) is 15.6. The minimum Gasteiger partial charge on any atom is -0.366 e. The molecule has 0 saturated carbocycles. The van der Waals surface area contributed by atoms with E-state index in [2.05, 4.69) is 26.6 Å². The second kappa shape index (κ2) is 12.4. The number of pyridine rings is 1. The largest absolute Gasteiger partial charge is 0.366 e. The lowest BCUT2D eigenvalue weighted by molar-refractivity contribution is 0.0743. The number of amides is 3. The Balaban J connectivity index is 1.35. The third-order valence-corrected chi connectivity index (χ3v) is 7.23. The number of piperazine rings is 1. The summed E-state index contributed by atoms with van der Waals surface area (Å²) in [6.07, 6.45) is 4.02. The van der Waals surface area contributed by atoms with E-state index in [9.17, 15) is 14.4 Å². The molecule has 1 aromatic heterocycles. The smallest absolute Gasteiger partial charge is 0.255 e. The first-order valence-electron chi connectivity index (χ1n) is 13.4. The zero-order valence-electron chi connectivity index (χ0n) is 22.2. The Labute approximate surface area is 233 Å². The predicted octanol–water partition coefficient (Wildman–Crippen LogP) is 2.60. The monoisotopic (exact) mass is 537 g/mol. The van der Waals surface area contributed by atoms with Gasteiger partial charge in [0.05, 0.1) is 23.0 Å². The Kier molecular flexibility index (Phi) is 8.32. The number of nitriles is 1. The van der Waals surface area contributed by atoms with Crippen LogP contribution in [-0.4, -0.2) is 84.9 Å². The van der Waals surface area contributed by atoms with E-state index in [1.165, 1.54) is 0 Å². The lowest BCUT2D eigenvalue weighted by Gasteiger charge is -2.37. The van der Waals surface area contributed by atoms with Crippen molar-refractivity contribution < 1.29 is 14.4 Å². The van der Waals surface area contributed by atoms with Gasteiger partial charge in [-0.2, -0.15) is 5.26 Å². The molecule has 10 heteroatoms. The van der Waals surface area contributed by atoms with Crippen molar-refractivity contribution in [3.63, 3.8) is 0 Å². The van der Waals surface area contributed by atoms with Gasteiger partial charge in [0.2, 0.25) is 0 Å². The molecule has 0 bridgehead atoms. The highest BCUT2D eigenvalue weighted by Gasteiger charge is 2.26. The summed E-state index contributed by atoms with van der Waals surface area (Å²) in [5.41, 5.74) is 3.38. The van der Waals surface area contributed by atoms with Gasteiger partial charge in [0.15, 0.2) is 0 Å². The molecular weight excluding hydrogens is 506 g/mol. The van der Waals surface area contributed by atoms with Crippen LogP contribution < -0.4 is 15.5 Å². The van der Waals surface area contributed by atoms with Crippen LogP contribution in [0.2, 0.25) is 0 Å². The van der Waals surface area contributed by atoms with Crippen molar-refractivity contribution in [2.24, 2.45) is 0 Å². The van der Waals surface area contributed by atoms with Gasteiger partial charge in [-0.3, -0.25) is 19.4 Å². The number of anilines is 2. The van der Waals surface area contributed by atoms with Crippen LogP contribution in [0.25, 0.3) is 0 Å². The molecule has 10 nitrogen and oxygen atoms in total. The van der Waals surface area contributed by atoms with Crippen molar-refractivity contribution in [3.8, 4) is 6.07 Å². The Morgan fingerprint density at radius 3 is 2.17 bits per heavy atom. The van der Waals surface area contributed by atoms with Gasteiger partial charge in [-0.15, -0.1) is 0 Å². The SMILES string of the molecule is N#Cc1ccc(C(=O)N2CCN(c3ccc(C(=O)N4CCCNCC4)cc3NC(=O)c3ccncc3)CC2)cc1. The second-order valence-electron chi connectivity index (χ2n) is 9.79. The quantitative estimate of drug-likeness (QED) is 0.513. The fourth-order valence-electron chi connectivity index (χ4n) is 4.99. The van der Waals surface area contributed by atoms with Crippen molar-refractivity contribution in [3.05, 3.63) is 89.2 Å². The number of nitrogens with one attached hydrogen (secondary N) is 2. The Morgan fingerprint density at radius 1 is 0.775 bits per heavy atom. The highest BCUT2D eigenvalue weighted by atomic mass is 16.2. The molecule has 0 spiro atoms. The third-order valence-electron chi connectivity index (χ3n) is 7.23. The van der Waals surface area contributed by atoms with Crippen LogP contribution in [0.1, 0.15) is 43.1 Å². The molecule has 40 heavy (non-hydrogen) atoms. The van der Waals surface area contributed by atoms with Gasteiger partial charge in [-0.1, -0.05) is 0 Å². The standard InChI is InChI=1S/C30H31N7O3/c31-21-22-2-4-24(5-3-22)29(39)37-18-16-35(17-19-37)27-7-6-25(30(40)36-14-1-10-32-13-15-36)20-26(27)34-28(38)23-8-11-33-12-9-23/h2-9,11-12,20,32H,1,10,13-19H2,(H,34,38). The van der Waals surface area contributed by atoms with Gasteiger partial charge >= 0.3 is 0 Å². The molecule has 2 N–H and O–H groups in total. The minimum absolute atomic E-state index is 0.0625. The number of carbonyl (C=O) groups excluding carboxylic acids is 3. The lowest BCUT2D eigenvalue weighted by Crippen LogP contribution is -2.49. The summed E-state index contributed by atoms with van der Waals surface area (Å²) in [7, 11) is 0. The van der Waals surface area contributed by atoms with E-state index in [4.69, 9.17) is 5.26 Å². The van der Waals surface area contributed by atoms with Crippen LogP contribution >= 0.6 is 0 Å². The highest BCUT2D eigenvalue weighted by molar-refractivity contribution is 6.07. The fraction of sp³-hybridized carbons (Fsp3) is 0.300. The molecule has 0 aliphatic carbocycles. The zero-order chi connectivity index (χ0) is 27.9.